The molecule has 0 spiro atoms. The normalized spacial score (nSPS) is 10.8. The minimum Gasteiger partial charge on any atom is -0.363 e. The van der Waals surface area contributed by atoms with E-state index >= 15 is 0 Å². The summed E-state index contributed by atoms with van der Waals surface area (Å²) in [5.74, 6) is 1.84. The Kier molecular flexibility index (Phi) is 6.87. The van der Waals surface area contributed by atoms with Gasteiger partial charge in [0.2, 0.25) is 5.91 Å². The maximum Gasteiger partial charge on any atom is 0.234 e. The zero-order valence-corrected chi connectivity index (χ0v) is 18.0. The van der Waals surface area contributed by atoms with E-state index in [2.05, 4.69) is 27.4 Å². The molecule has 0 atom stereocenters. The van der Waals surface area contributed by atoms with Crippen molar-refractivity contribution in [2.45, 2.75) is 32.0 Å². The molecule has 8 heteroatoms. The highest BCUT2D eigenvalue weighted by molar-refractivity contribution is 7.99. The Hall–Kier alpha value is -2.87. The largest absolute Gasteiger partial charge is 0.363 e. The van der Waals surface area contributed by atoms with Crippen LogP contribution in [0.15, 0.2) is 47.8 Å². The fraction of sp³-hybridized carbons (Fsp3) is 0.333. The summed E-state index contributed by atoms with van der Waals surface area (Å²) in [6, 6.07) is 11.8. The topological polar surface area (TPSA) is 75.9 Å². The van der Waals surface area contributed by atoms with Gasteiger partial charge in [-0.25, -0.2) is 4.98 Å². The summed E-state index contributed by atoms with van der Waals surface area (Å²) in [6.07, 6.45) is 2.75. The molecule has 0 bridgehead atoms. The monoisotopic (exact) mass is 410 g/mol. The van der Waals surface area contributed by atoms with Crippen LogP contribution in [-0.2, 0) is 17.8 Å². The summed E-state index contributed by atoms with van der Waals surface area (Å²) in [5.41, 5.74) is 3.00. The predicted molar refractivity (Wildman–Crippen MR) is 118 cm³/mol. The maximum absolute atomic E-state index is 12.3. The van der Waals surface area contributed by atoms with Gasteiger partial charge in [-0.3, -0.25) is 4.79 Å². The summed E-state index contributed by atoms with van der Waals surface area (Å²) >= 11 is 1.38. The van der Waals surface area contributed by atoms with E-state index in [1.54, 1.807) is 6.20 Å². The van der Waals surface area contributed by atoms with E-state index in [1.165, 1.54) is 17.3 Å². The molecule has 3 rings (SSSR count). The first kappa shape index (κ1) is 20.9. The van der Waals surface area contributed by atoms with Gasteiger partial charge >= 0.3 is 0 Å². The van der Waals surface area contributed by atoms with Crippen LogP contribution in [0.25, 0.3) is 11.4 Å². The van der Waals surface area contributed by atoms with E-state index in [0.717, 1.165) is 34.5 Å². The Morgan fingerprint density at radius 1 is 1.14 bits per heavy atom. The number of rotatable bonds is 8. The van der Waals surface area contributed by atoms with Crippen molar-refractivity contribution in [1.82, 2.24) is 19.7 Å². The Morgan fingerprint density at radius 2 is 1.90 bits per heavy atom. The molecule has 29 heavy (non-hydrogen) atoms. The van der Waals surface area contributed by atoms with Crippen molar-refractivity contribution in [3.05, 3.63) is 48.2 Å². The third-order valence-electron chi connectivity index (χ3n) is 4.47. The molecule has 0 fully saturated rings. The summed E-state index contributed by atoms with van der Waals surface area (Å²) in [5, 5.41) is 12.3. The van der Waals surface area contributed by atoms with Gasteiger partial charge in [0.1, 0.15) is 5.82 Å². The third kappa shape index (κ3) is 5.14. The average molecular weight is 411 g/mol. The van der Waals surface area contributed by atoms with Gasteiger partial charge in [-0.2, -0.15) is 0 Å². The van der Waals surface area contributed by atoms with E-state index in [0.29, 0.717) is 6.54 Å². The SMILES string of the molecule is CCc1ccc(NC(=O)CSc2nnc(-c3ccnc(N(C)C)c3)n2CC)cc1. The number of aromatic nitrogens is 4. The standard InChI is InChI=1S/C21H26N6OS/c1-5-15-7-9-17(10-8-15)23-19(28)14-29-21-25-24-20(27(21)6-2)16-11-12-22-18(13-16)26(3)4/h7-13H,5-6,14H2,1-4H3,(H,23,28). The van der Waals surface area contributed by atoms with Gasteiger partial charge in [0, 0.05) is 38.1 Å². The number of anilines is 2. The average Bonchev–Trinajstić information content (AvgIpc) is 3.16. The number of amides is 1. The molecule has 3 aromatic rings. The highest BCUT2D eigenvalue weighted by Crippen LogP contribution is 2.25. The summed E-state index contributed by atoms with van der Waals surface area (Å²) < 4.78 is 2.02. The summed E-state index contributed by atoms with van der Waals surface area (Å²) in [7, 11) is 3.90. The van der Waals surface area contributed by atoms with Gasteiger partial charge in [0.05, 0.1) is 5.75 Å². The lowest BCUT2D eigenvalue weighted by Gasteiger charge is -2.12. The number of pyridine rings is 1. The molecule has 0 saturated heterocycles. The van der Waals surface area contributed by atoms with Crippen LogP contribution in [0.4, 0.5) is 11.5 Å². The summed E-state index contributed by atoms with van der Waals surface area (Å²) in [4.78, 5) is 18.6. The zero-order chi connectivity index (χ0) is 20.8. The Morgan fingerprint density at radius 3 is 2.55 bits per heavy atom. The molecule has 0 aliphatic heterocycles. The van der Waals surface area contributed by atoms with Crippen LogP contribution in [0.1, 0.15) is 19.4 Å². The molecule has 0 aliphatic rings. The number of nitrogens with zero attached hydrogens (tertiary/aromatic N) is 5. The lowest BCUT2D eigenvalue weighted by molar-refractivity contribution is -0.113. The molecule has 7 nitrogen and oxygen atoms in total. The second-order valence-electron chi connectivity index (χ2n) is 6.73. The molecule has 0 unspecified atom stereocenters. The summed E-state index contributed by atoms with van der Waals surface area (Å²) in [6.45, 7) is 4.86. The highest BCUT2D eigenvalue weighted by Gasteiger charge is 2.15. The Balaban J connectivity index is 1.68. The molecule has 0 aliphatic carbocycles. The van der Waals surface area contributed by atoms with E-state index < -0.39 is 0 Å². The highest BCUT2D eigenvalue weighted by atomic mass is 32.2. The fourth-order valence-electron chi connectivity index (χ4n) is 2.85. The Bertz CT molecular complexity index is 968. The molecule has 1 aromatic carbocycles. The van der Waals surface area contributed by atoms with Crippen LogP contribution >= 0.6 is 11.8 Å². The van der Waals surface area contributed by atoms with Crippen molar-refractivity contribution in [2.24, 2.45) is 0 Å². The van der Waals surface area contributed by atoms with E-state index in [9.17, 15) is 4.79 Å². The fourth-order valence-corrected chi connectivity index (χ4v) is 3.65. The molecule has 2 heterocycles. The van der Waals surface area contributed by atoms with Crippen LogP contribution in [0.5, 0.6) is 0 Å². The van der Waals surface area contributed by atoms with Crippen molar-refractivity contribution in [2.75, 3.05) is 30.1 Å². The molecule has 0 saturated carbocycles. The molecule has 2 aromatic heterocycles. The van der Waals surface area contributed by atoms with Gasteiger partial charge in [0.25, 0.3) is 0 Å². The van der Waals surface area contributed by atoms with Gasteiger partial charge in [-0.1, -0.05) is 30.8 Å². The minimum atomic E-state index is -0.0646. The van der Waals surface area contributed by atoms with Crippen molar-refractivity contribution in [1.29, 1.82) is 0 Å². The number of hydrogen-bond donors (Lipinski definition) is 1. The lowest BCUT2D eigenvalue weighted by atomic mass is 10.1. The molecule has 152 valence electrons. The number of benzene rings is 1. The first-order valence-corrected chi connectivity index (χ1v) is 10.6. The van der Waals surface area contributed by atoms with Crippen LogP contribution in [-0.4, -0.2) is 45.5 Å². The van der Waals surface area contributed by atoms with E-state index in [-0.39, 0.29) is 11.7 Å². The van der Waals surface area contributed by atoms with E-state index in [4.69, 9.17) is 0 Å². The maximum atomic E-state index is 12.3. The number of carbonyl (C=O) groups is 1. The third-order valence-corrected chi connectivity index (χ3v) is 5.44. The number of aryl methyl sites for hydroxylation is 1. The quantitative estimate of drug-likeness (QED) is 0.571. The van der Waals surface area contributed by atoms with Crippen LogP contribution in [0.2, 0.25) is 0 Å². The predicted octanol–water partition coefficient (Wildman–Crippen LogP) is 3.72. The van der Waals surface area contributed by atoms with Gasteiger partial charge in [-0.15, -0.1) is 10.2 Å². The molecular formula is C21H26N6OS. The van der Waals surface area contributed by atoms with Gasteiger partial charge in [0.15, 0.2) is 11.0 Å². The first-order valence-electron chi connectivity index (χ1n) is 9.60. The van der Waals surface area contributed by atoms with Crippen LogP contribution in [0.3, 0.4) is 0 Å². The van der Waals surface area contributed by atoms with Crippen molar-refractivity contribution in [3.63, 3.8) is 0 Å². The molecule has 0 radical (unpaired) electrons. The van der Waals surface area contributed by atoms with Crippen molar-refractivity contribution >= 4 is 29.2 Å². The molecular weight excluding hydrogens is 384 g/mol. The number of thioether (sulfide) groups is 1. The molecule has 1 amide bonds. The van der Waals surface area contributed by atoms with Gasteiger partial charge < -0.3 is 14.8 Å². The van der Waals surface area contributed by atoms with E-state index in [1.807, 2.05) is 66.9 Å². The smallest absolute Gasteiger partial charge is 0.234 e. The van der Waals surface area contributed by atoms with Crippen molar-refractivity contribution < 1.29 is 4.79 Å². The number of hydrogen-bond acceptors (Lipinski definition) is 6. The minimum absolute atomic E-state index is 0.0646. The molecule has 1 N–H and O–H groups in total. The lowest BCUT2D eigenvalue weighted by Crippen LogP contribution is -2.14. The first-order chi connectivity index (χ1) is 14.0. The number of carbonyl (C=O) groups excluding carboxylic acids is 1. The van der Waals surface area contributed by atoms with Crippen LogP contribution < -0.4 is 10.2 Å². The van der Waals surface area contributed by atoms with Crippen molar-refractivity contribution in [3.8, 4) is 11.4 Å². The zero-order valence-electron chi connectivity index (χ0n) is 17.2. The second kappa shape index (κ2) is 9.56. The van der Waals surface area contributed by atoms with Crippen LogP contribution in [0, 0.1) is 0 Å². The second-order valence-corrected chi connectivity index (χ2v) is 7.68. The van der Waals surface area contributed by atoms with Gasteiger partial charge in [-0.05, 0) is 43.2 Å². The Labute approximate surface area is 175 Å². The number of nitrogens with one attached hydrogen (secondary N) is 1.